The number of nitrogens with zero attached hydrogens (tertiary/aromatic N) is 2. The Balaban J connectivity index is 1.95. The van der Waals surface area contributed by atoms with Gasteiger partial charge in [0.15, 0.2) is 0 Å². The molecule has 0 aliphatic carbocycles. The highest BCUT2D eigenvalue weighted by Crippen LogP contribution is 2.33. The van der Waals surface area contributed by atoms with Gasteiger partial charge in [-0.3, -0.25) is 0 Å². The molecule has 0 fully saturated rings. The number of hydrogen-bond donors (Lipinski definition) is 2. The van der Waals surface area contributed by atoms with Gasteiger partial charge >= 0.3 is 0 Å². The van der Waals surface area contributed by atoms with E-state index in [9.17, 15) is 5.11 Å². The molecule has 1 atom stereocenters. The number of fused-ring (bicyclic) bond motifs is 1. The molecule has 1 unspecified atom stereocenters. The predicted molar refractivity (Wildman–Crippen MR) is 85.0 cm³/mol. The minimum absolute atomic E-state index is 0.00204. The van der Waals surface area contributed by atoms with E-state index in [1.165, 1.54) is 6.33 Å². The fourth-order valence-corrected chi connectivity index (χ4v) is 3.51. The van der Waals surface area contributed by atoms with E-state index in [2.05, 4.69) is 31.2 Å². The normalized spacial score (nSPS) is 12.5. The van der Waals surface area contributed by atoms with Crippen LogP contribution in [-0.4, -0.2) is 21.7 Å². The first-order valence-corrected chi connectivity index (χ1v) is 7.71. The zero-order chi connectivity index (χ0) is 13.9. The van der Waals surface area contributed by atoms with E-state index in [4.69, 9.17) is 0 Å². The summed E-state index contributed by atoms with van der Waals surface area (Å²) in [6.07, 6.45) is 1.53. The van der Waals surface area contributed by atoms with Crippen LogP contribution in [0.3, 0.4) is 0 Å². The van der Waals surface area contributed by atoms with Gasteiger partial charge < -0.3 is 10.4 Å². The van der Waals surface area contributed by atoms with Crippen LogP contribution in [0.5, 0.6) is 0 Å². The van der Waals surface area contributed by atoms with Crippen molar-refractivity contribution in [3.63, 3.8) is 0 Å². The first kappa shape index (κ1) is 13.5. The van der Waals surface area contributed by atoms with Crippen molar-refractivity contribution < 1.29 is 5.11 Å². The molecule has 0 aliphatic rings. The molecule has 2 heterocycles. The highest BCUT2D eigenvalue weighted by atomic mass is 79.9. The molecule has 0 aliphatic heterocycles. The molecule has 20 heavy (non-hydrogen) atoms. The number of aromatic nitrogens is 2. The van der Waals surface area contributed by atoms with Gasteiger partial charge in [-0.1, -0.05) is 30.3 Å². The minimum Gasteiger partial charge on any atom is -0.394 e. The number of aliphatic hydroxyl groups excluding tert-OH is 1. The second-order valence-electron chi connectivity index (χ2n) is 4.28. The maximum atomic E-state index is 9.61. The molecule has 0 radical (unpaired) electrons. The summed E-state index contributed by atoms with van der Waals surface area (Å²) in [6.45, 7) is 0.00204. The molecule has 3 rings (SSSR count). The summed E-state index contributed by atoms with van der Waals surface area (Å²) in [5.74, 6) is 0.744. The van der Waals surface area contributed by atoms with Crippen LogP contribution in [0.1, 0.15) is 11.6 Å². The lowest BCUT2D eigenvalue weighted by Crippen LogP contribution is -2.15. The number of nitrogens with one attached hydrogen (secondary N) is 1. The number of halogens is 1. The summed E-state index contributed by atoms with van der Waals surface area (Å²) in [4.78, 5) is 8.53. The molecule has 0 spiro atoms. The van der Waals surface area contributed by atoms with Crippen LogP contribution in [0, 0.1) is 0 Å². The predicted octanol–water partition coefficient (Wildman–Crippen LogP) is 3.60. The van der Waals surface area contributed by atoms with Gasteiger partial charge in [0.2, 0.25) is 0 Å². The zero-order valence-electron chi connectivity index (χ0n) is 10.5. The average Bonchev–Trinajstić information content (AvgIpc) is 2.86. The molecule has 2 aromatic heterocycles. The van der Waals surface area contributed by atoms with Crippen molar-refractivity contribution in [2.45, 2.75) is 6.04 Å². The van der Waals surface area contributed by atoms with Gasteiger partial charge in [-0.05, 0) is 27.6 Å². The van der Waals surface area contributed by atoms with E-state index in [1.54, 1.807) is 11.3 Å². The van der Waals surface area contributed by atoms with Crippen LogP contribution in [0.4, 0.5) is 5.82 Å². The third kappa shape index (κ3) is 2.67. The Morgan fingerprint density at radius 2 is 2.05 bits per heavy atom. The summed E-state index contributed by atoms with van der Waals surface area (Å²) < 4.78 is 1.99. The Kier molecular flexibility index (Phi) is 3.95. The number of hydrogen-bond acceptors (Lipinski definition) is 5. The Morgan fingerprint density at radius 3 is 2.80 bits per heavy atom. The lowest BCUT2D eigenvalue weighted by molar-refractivity contribution is 0.276. The quantitative estimate of drug-likeness (QED) is 0.755. The smallest absolute Gasteiger partial charge is 0.148 e. The van der Waals surface area contributed by atoms with E-state index in [1.807, 2.05) is 36.4 Å². The van der Waals surface area contributed by atoms with Gasteiger partial charge in [0.25, 0.3) is 0 Å². The lowest BCUT2D eigenvalue weighted by Gasteiger charge is -2.17. The number of benzene rings is 1. The molecular weight excluding hydrogens is 338 g/mol. The van der Waals surface area contributed by atoms with E-state index < -0.39 is 0 Å². The topological polar surface area (TPSA) is 58.0 Å². The van der Waals surface area contributed by atoms with Gasteiger partial charge in [0.1, 0.15) is 12.1 Å². The molecule has 6 heteroatoms. The summed E-state index contributed by atoms with van der Waals surface area (Å²) in [5, 5.41) is 12.9. The van der Waals surface area contributed by atoms with E-state index in [0.29, 0.717) is 0 Å². The Hall–Kier alpha value is -1.50. The number of aliphatic hydroxyl groups is 1. The van der Waals surface area contributed by atoms with Crippen molar-refractivity contribution in [3.8, 4) is 0 Å². The minimum atomic E-state index is -0.185. The molecular formula is C14H12BrN3OS. The summed E-state index contributed by atoms with van der Waals surface area (Å²) in [6, 6.07) is 11.6. The maximum absolute atomic E-state index is 9.61. The fourth-order valence-electron chi connectivity index (χ4n) is 2.01. The van der Waals surface area contributed by atoms with Crippen molar-refractivity contribution in [3.05, 3.63) is 52.1 Å². The highest BCUT2D eigenvalue weighted by molar-refractivity contribution is 9.11. The first-order valence-electron chi connectivity index (χ1n) is 6.10. The third-order valence-corrected chi connectivity index (χ3v) is 4.61. The standard InChI is InChI=1S/C14H12BrN3OS/c15-12-6-10-13(20-12)14(17-8-16-10)18-11(7-19)9-4-2-1-3-5-9/h1-6,8,11,19H,7H2,(H,16,17,18). The van der Waals surface area contributed by atoms with Gasteiger partial charge in [-0.15, -0.1) is 11.3 Å². The second-order valence-corrected chi connectivity index (χ2v) is 6.71. The van der Waals surface area contributed by atoms with Gasteiger partial charge in [0, 0.05) is 0 Å². The Labute approximate surface area is 128 Å². The molecule has 0 saturated heterocycles. The Morgan fingerprint density at radius 1 is 1.25 bits per heavy atom. The van der Waals surface area contributed by atoms with E-state index >= 15 is 0 Å². The van der Waals surface area contributed by atoms with E-state index in [-0.39, 0.29) is 12.6 Å². The number of thiophene rings is 1. The SMILES string of the molecule is OCC(Nc1ncnc2cc(Br)sc12)c1ccccc1. The van der Waals surface area contributed by atoms with Gasteiger partial charge in [-0.25, -0.2) is 9.97 Å². The van der Waals surface area contributed by atoms with Gasteiger partial charge in [0.05, 0.1) is 26.7 Å². The molecule has 2 N–H and O–H groups in total. The maximum Gasteiger partial charge on any atom is 0.148 e. The number of anilines is 1. The zero-order valence-corrected chi connectivity index (χ0v) is 12.9. The van der Waals surface area contributed by atoms with Crippen LogP contribution < -0.4 is 5.32 Å². The molecule has 102 valence electrons. The van der Waals surface area contributed by atoms with Crippen molar-refractivity contribution >= 4 is 43.3 Å². The van der Waals surface area contributed by atoms with Crippen LogP contribution in [0.15, 0.2) is 46.5 Å². The molecule has 4 nitrogen and oxygen atoms in total. The molecule has 3 aromatic rings. The van der Waals surface area contributed by atoms with Crippen molar-refractivity contribution in [1.82, 2.24) is 9.97 Å². The van der Waals surface area contributed by atoms with Crippen molar-refractivity contribution in [1.29, 1.82) is 0 Å². The number of rotatable bonds is 4. The summed E-state index contributed by atoms with van der Waals surface area (Å²) in [7, 11) is 0. The van der Waals surface area contributed by atoms with Gasteiger partial charge in [-0.2, -0.15) is 0 Å². The third-order valence-electron chi connectivity index (χ3n) is 2.98. The highest BCUT2D eigenvalue weighted by Gasteiger charge is 2.14. The van der Waals surface area contributed by atoms with Crippen molar-refractivity contribution in [2.24, 2.45) is 0 Å². The molecule has 1 aromatic carbocycles. The molecule has 0 bridgehead atoms. The van der Waals surface area contributed by atoms with Crippen LogP contribution in [0.2, 0.25) is 0 Å². The van der Waals surface area contributed by atoms with Crippen molar-refractivity contribution in [2.75, 3.05) is 11.9 Å². The largest absolute Gasteiger partial charge is 0.394 e. The molecule has 0 amide bonds. The van der Waals surface area contributed by atoms with Crippen LogP contribution in [0.25, 0.3) is 10.2 Å². The van der Waals surface area contributed by atoms with Crippen LogP contribution in [-0.2, 0) is 0 Å². The fraction of sp³-hybridized carbons (Fsp3) is 0.143. The average molecular weight is 350 g/mol. The Bertz CT molecular complexity index is 717. The summed E-state index contributed by atoms with van der Waals surface area (Å²) in [5.41, 5.74) is 1.92. The van der Waals surface area contributed by atoms with E-state index in [0.717, 1.165) is 25.4 Å². The first-order chi connectivity index (χ1) is 9.78. The monoisotopic (exact) mass is 349 g/mol. The van der Waals surface area contributed by atoms with Crippen LogP contribution >= 0.6 is 27.3 Å². The summed E-state index contributed by atoms with van der Waals surface area (Å²) >= 11 is 5.03. The lowest BCUT2D eigenvalue weighted by atomic mass is 10.1. The molecule has 0 saturated carbocycles. The second kappa shape index (κ2) is 5.87.